The number of piperidine rings is 2. The number of hydrogen-bond donors (Lipinski definition) is 0. The number of benzene rings is 8. The van der Waals surface area contributed by atoms with Crippen molar-refractivity contribution in [2.24, 2.45) is 0 Å². The number of nitrogens with zero attached hydrogens (tertiary/aromatic N) is 11. The summed E-state index contributed by atoms with van der Waals surface area (Å²) in [5, 5.41) is 78.4. The van der Waals surface area contributed by atoms with Gasteiger partial charge in [0.15, 0.2) is 0 Å². The number of carbonyl (C=O) groups excluding carboxylic acids is 2. The lowest BCUT2D eigenvalue weighted by Crippen LogP contribution is -2.53. The van der Waals surface area contributed by atoms with Gasteiger partial charge in [0.05, 0.1) is 36.7 Å². The Morgan fingerprint density at radius 2 is 0.723 bits per heavy atom. The summed E-state index contributed by atoms with van der Waals surface area (Å²) < 4.78 is 3.96. The fraction of sp³-hybridized carbons (Fsp3) is 0.278. The van der Waals surface area contributed by atoms with Gasteiger partial charge in [-0.3, -0.25) is 50.0 Å². The zero-order valence-corrected chi connectivity index (χ0v) is 57.0. The first-order valence-electron chi connectivity index (χ1n) is 33.2. The molecule has 4 atom stereocenters. The van der Waals surface area contributed by atoms with Crippen LogP contribution in [-0.2, 0) is 70.0 Å². The van der Waals surface area contributed by atoms with Gasteiger partial charge in [0.25, 0.3) is 22.2 Å². The number of aryl methyl sites for hydroxylation is 4. The molecule has 2 aromatic heterocycles. The summed E-state index contributed by atoms with van der Waals surface area (Å²) in [7, 11) is 0. The first-order valence-corrected chi connectivity index (χ1v) is 33.7. The summed E-state index contributed by atoms with van der Waals surface area (Å²) in [5.74, 6) is -0.0116. The molecule has 0 bridgehead atoms. The minimum Gasteiger partial charge on any atom is -0.336 e. The van der Waals surface area contributed by atoms with Gasteiger partial charge in [-0.15, -0.1) is 11.6 Å². The van der Waals surface area contributed by atoms with Crippen molar-refractivity contribution in [3.8, 4) is 18.2 Å². The molecule has 2 amide bonds. The Balaban J connectivity index is 0.000000136. The summed E-state index contributed by atoms with van der Waals surface area (Å²) in [6.07, 6.45) is 2.57. The van der Waals surface area contributed by atoms with Crippen LogP contribution < -0.4 is 9.80 Å². The zero-order valence-electron chi connectivity index (χ0n) is 56.3. The molecule has 6 heterocycles. The lowest BCUT2D eigenvalue weighted by Gasteiger charge is -2.37. The standard InChI is InChI=1S/C20H19N3O3.2C20H17N3O2.C19H19ClN2O3/c1-15-7-8-18(16(13-15)10-12-21)22-14-20(23(25)26,11-9-19(22)24)17-5-3-2-4-6-17;2*1-14-7-8-18-16(11-14)17(12-21)19-9-10-20(23(24)25,13-22(18)19)15-5-3-2-4-6-15;1-14-7-8-17(15(11-14)12-20)21-13-19(22(24)25,10-9-18(21)23)16-5-3-2-4-6-16/h2-8,13H,9-11,14H2,1H3;2*2-8,11H,9-10,13H2,1H3;2-8,11H,9-10,12-13H2,1H3. The van der Waals surface area contributed by atoms with Crippen molar-refractivity contribution in [3.05, 3.63) is 313 Å². The molecule has 4 aliphatic heterocycles. The van der Waals surface area contributed by atoms with Gasteiger partial charge in [-0.05, 0) is 88.1 Å². The van der Waals surface area contributed by atoms with E-state index in [1.165, 1.54) is 9.80 Å². The molecule has 0 aliphatic carbocycles. The van der Waals surface area contributed by atoms with E-state index in [-0.39, 0.29) is 95.7 Å². The molecule has 14 rings (SSSR count). The lowest BCUT2D eigenvalue weighted by molar-refractivity contribution is -0.585. The Bertz CT molecular complexity index is 4840. The van der Waals surface area contributed by atoms with Crippen LogP contribution in [0, 0.1) is 102 Å². The maximum Gasteiger partial charge on any atom is 0.265 e. The van der Waals surface area contributed by atoms with Crippen LogP contribution in [0.15, 0.2) is 194 Å². The van der Waals surface area contributed by atoms with Crippen LogP contribution in [0.25, 0.3) is 21.8 Å². The number of nitro groups is 4. The number of aromatic nitrogens is 2. The van der Waals surface area contributed by atoms with Crippen LogP contribution in [0.3, 0.4) is 0 Å². The van der Waals surface area contributed by atoms with Crippen LogP contribution in [0.1, 0.15) is 117 Å². The molecule has 22 heteroatoms. The number of amides is 2. The minimum atomic E-state index is -1.34. The molecule has 2 saturated heterocycles. The molecular formula is C79H72ClN11O10. The van der Waals surface area contributed by atoms with E-state index in [0.29, 0.717) is 64.9 Å². The fourth-order valence-corrected chi connectivity index (χ4v) is 15.2. The molecular weight excluding hydrogens is 1300 g/mol. The van der Waals surface area contributed by atoms with Crippen LogP contribution >= 0.6 is 11.6 Å². The maximum absolute atomic E-state index is 12.6. The lowest BCUT2D eigenvalue weighted by atomic mass is 9.82. The molecule has 0 spiro atoms. The molecule has 510 valence electrons. The van der Waals surface area contributed by atoms with Crippen molar-refractivity contribution in [3.63, 3.8) is 0 Å². The van der Waals surface area contributed by atoms with Crippen molar-refractivity contribution in [1.82, 2.24) is 9.13 Å². The van der Waals surface area contributed by atoms with Gasteiger partial charge >= 0.3 is 0 Å². The number of fused-ring (bicyclic) bond motifs is 6. The Morgan fingerprint density at radius 3 is 1.05 bits per heavy atom. The van der Waals surface area contributed by atoms with Crippen LogP contribution in [0.5, 0.6) is 0 Å². The molecule has 8 aromatic carbocycles. The number of hydrogen-bond acceptors (Lipinski definition) is 13. The predicted molar refractivity (Wildman–Crippen MR) is 384 cm³/mol. The van der Waals surface area contributed by atoms with Gasteiger partial charge < -0.3 is 18.9 Å². The molecule has 10 aromatic rings. The summed E-state index contributed by atoms with van der Waals surface area (Å²) >= 11 is 6.05. The van der Waals surface area contributed by atoms with E-state index in [1.54, 1.807) is 54.6 Å². The van der Waals surface area contributed by atoms with E-state index in [9.17, 15) is 60.6 Å². The van der Waals surface area contributed by atoms with E-state index in [1.807, 2.05) is 176 Å². The van der Waals surface area contributed by atoms with Gasteiger partial charge in [-0.1, -0.05) is 180 Å². The van der Waals surface area contributed by atoms with Gasteiger partial charge in [-0.25, -0.2) is 0 Å². The first-order chi connectivity index (χ1) is 48.6. The maximum atomic E-state index is 12.6. The van der Waals surface area contributed by atoms with Crippen LogP contribution in [-0.4, -0.2) is 53.7 Å². The quantitative estimate of drug-likeness (QED) is 0.0625. The monoisotopic (exact) mass is 1370 g/mol. The Kier molecular flexibility index (Phi) is 20.4. The van der Waals surface area contributed by atoms with Crippen LogP contribution in [0.4, 0.5) is 11.4 Å². The normalized spacial score (nSPS) is 19.8. The molecule has 101 heavy (non-hydrogen) atoms. The third-order valence-electron chi connectivity index (χ3n) is 20.3. The third-order valence-corrected chi connectivity index (χ3v) is 20.6. The van der Waals surface area contributed by atoms with E-state index in [2.05, 4.69) is 18.2 Å². The van der Waals surface area contributed by atoms with E-state index in [0.717, 1.165) is 72.1 Å². The highest BCUT2D eigenvalue weighted by atomic mass is 35.5. The van der Waals surface area contributed by atoms with Crippen molar-refractivity contribution in [2.45, 2.75) is 127 Å². The SMILES string of the molecule is Cc1ccc(N2CC(c3ccccc3)([N+](=O)[O-])CCC2=O)c(CC#N)c1.Cc1ccc(N2CC(c3ccccc3)([N+](=O)[O-])CCC2=O)c(CCl)c1.Cc1ccc2c(c1)c(C#N)c1n2CC(c2ccccc2)([N+](=O)[O-])CC1.Cc1ccc2c(c1)c(C#N)c1n2CC(c2ccccc2)([N+](=O)[O-])CC1. The Hall–Kier alpha value is -11.9. The Morgan fingerprint density at radius 1 is 0.416 bits per heavy atom. The number of nitriles is 3. The molecule has 0 N–H and O–H groups in total. The molecule has 0 radical (unpaired) electrons. The molecule has 2 fully saturated rings. The molecule has 0 saturated carbocycles. The van der Waals surface area contributed by atoms with Crippen molar-refractivity contribution < 1.29 is 29.3 Å². The molecule has 21 nitrogen and oxygen atoms in total. The van der Waals surface area contributed by atoms with Gasteiger partial charge in [0, 0.05) is 131 Å². The summed E-state index contributed by atoms with van der Waals surface area (Å²) in [6, 6.07) is 65.9. The number of rotatable bonds is 12. The smallest absolute Gasteiger partial charge is 0.265 e. The summed E-state index contributed by atoms with van der Waals surface area (Å²) in [6.45, 7) is 8.31. The average Bonchev–Trinajstić information content (AvgIpc) is 1.62. The number of halogens is 1. The van der Waals surface area contributed by atoms with Gasteiger partial charge in [0.1, 0.15) is 25.2 Å². The number of anilines is 2. The second-order valence-corrected chi connectivity index (χ2v) is 26.7. The predicted octanol–water partition coefficient (Wildman–Crippen LogP) is 15.3. The topological polar surface area (TPSA) is 294 Å². The second-order valence-electron chi connectivity index (χ2n) is 26.4. The second kappa shape index (κ2) is 29.3. The zero-order chi connectivity index (χ0) is 72.0. The van der Waals surface area contributed by atoms with E-state index in [4.69, 9.17) is 16.9 Å². The fourth-order valence-electron chi connectivity index (χ4n) is 14.9. The molecule has 4 unspecified atom stereocenters. The van der Waals surface area contributed by atoms with Gasteiger partial charge in [-0.2, -0.15) is 15.8 Å². The third kappa shape index (κ3) is 13.4. The van der Waals surface area contributed by atoms with Crippen molar-refractivity contribution >= 4 is 56.6 Å². The summed E-state index contributed by atoms with van der Waals surface area (Å²) in [5.41, 5.74) is 9.59. The highest BCUT2D eigenvalue weighted by Crippen LogP contribution is 2.45. The highest BCUT2D eigenvalue weighted by Gasteiger charge is 2.54. The largest absolute Gasteiger partial charge is 0.336 e. The molecule has 4 aliphatic rings. The highest BCUT2D eigenvalue weighted by molar-refractivity contribution is 6.17. The van der Waals surface area contributed by atoms with Crippen molar-refractivity contribution in [2.75, 3.05) is 22.9 Å². The van der Waals surface area contributed by atoms with E-state index >= 15 is 0 Å². The first kappa shape index (κ1) is 70.5. The Labute approximate surface area is 588 Å². The van der Waals surface area contributed by atoms with Crippen LogP contribution in [0.2, 0.25) is 0 Å². The van der Waals surface area contributed by atoms with E-state index < -0.39 is 22.2 Å². The van der Waals surface area contributed by atoms with Crippen molar-refractivity contribution in [1.29, 1.82) is 15.8 Å². The number of alkyl halides is 1. The average molecular weight is 1370 g/mol. The number of carbonyl (C=O) groups is 2. The minimum absolute atomic E-state index is 0.00972. The summed E-state index contributed by atoms with van der Waals surface area (Å²) in [4.78, 5) is 75.5. The van der Waals surface area contributed by atoms with Gasteiger partial charge in [0.2, 0.25) is 11.8 Å².